The average Bonchev–Trinajstić information content (AvgIpc) is 3.42. The molecule has 1 fully saturated rings. The molecule has 4 N–H and O–H groups in total. The van der Waals surface area contributed by atoms with Gasteiger partial charge in [-0.3, -0.25) is 9.59 Å². The molecule has 0 spiro atoms. The quantitative estimate of drug-likeness (QED) is 0.576. The summed E-state index contributed by atoms with van der Waals surface area (Å²) in [6, 6.07) is 8.26. The highest BCUT2D eigenvalue weighted by Gasteiger charge is 2.25. The number of benzene rings is 2. The number of hydrogen-bond acceptors (Lipinski definition) is 4. The number of nitrogen functional groups attached to an aromatic ring is 1. The first kappa shape index (κ1) is 18.8. The number of nitrogens with one attached hydrogen (secondary N) is 2. The lowest BCUT2D eigenvalue weighted by Crippen LogP contribution is -2.25. The van der Waals surface area contributed by atoms with Gasteiger partial charge in [-0.05, 0) is 55.7 Å². The number of hydrogen-bond donors (Lipinski definition) is 3. The van der Waals surface area contributed by atoms with Crippen LogP contribution in [0.4, 0.5) is 14.6 Å². The molecule has 0 aliphatic heterocycles. The van der Waals surface area contributed by atoms with Gasteiger partial charge in [0, 0.05) is 22.7 Å². The van der Waals surface area contributed by atoms with Gasteiger partial charge in [0.1, 0.15) is 11.6 Å². The van der Waals surface area contributed by atoms with E-state index in [1.807, 2.05) is 6.92 Å². The van der Waals surface area contributed by atoms with Crippen molar-refractivity contribution in [1.82, 2.24) is 15.3 Å². The van der Waals surface area contributed by atoms with E-state index in [9.17, 15) is 18.4 Å². The van der Waals surface area contributed by atoms with Crippen LogP contribution in [-0.2, 0) is 0 Å². The van der Waals surface area contributed by atoms with E-state index in [-0.39, 0.29) is 29.0 Å². The molecular weight excluding hydrogens is 378 g/mol. The predicted octanol–water partition coefficient (Wildman–Crippen LogP) is 3.37. The lowest BCUT2D eigenvalue weighted by atomic mass is 10.0. The zero-order chi connectivity index (χ0) is 20.7. The minimum Gasteiger partial charge on any atom is -0.383 e. The van der Waals surface area contributed by atoms with Crippen molar-refractivity contribution in [3.8, 4) is 11.4 Å². The summed E-state index contributed by atoms with van der Waals surface area (Å²) in [5, 5.41) is 2.92. The molecule has 0 saturated heterocycles. The number of nitrogens with zero attached hydrogens (tertiary/aromatic N) is 1. The predicted molar refractivity (Wildman–Crippen MR) is 103 cm³/mol. The van der Waals surface area contributed by atoms with Crippen LogP contribution in [0, 0.1) is 18.6 Å². The number of H-pyrrole nitrogens is 1. The number of ketones is 1. The SMILES string of the molecule is Cc1ccc(C(=O)NC2CC2)cc1-c1nc(C(=O)c2ccc(F)c(F)c2)c(N)[nH]1. The van der Waals surface area contributed by atoms with E-state index in [1.54, 1.807) is 18.2 Å². The summed E-state index contributed by atoms with van der Waals surface area (Å²) in [7, 11) is 0. The van der Waals surface area contributed by atoms with E-state index in [1.165, 1.54) is 6.07 Å². The third-order valence-electron chi connectivity index (χ3n) is 4.80. The van der Waals surface area contributed by atoms with Gasteiger partial charge in [-0.15, -0.1) is 0 Å². The van der Waals surface area contributed by atoms with Crippen molar-refractivity contribution in [2.24, 2.45) is 0 Å². The number of aromatic nitrogens is 2. The first-order valence-corrected chi connectivity index (χ1v) is 9.10. The van der Waals surface area contributed by atoms with Crippen LogP contribution in [0.15, 0.2) is 36.4 Å². The van der Waals surface area contributed by atoms with Gasteiger partial charge < -0.3 is 16.0 Å². The highest BCUT2D eigenvalue weighted by atomic mass is 19.2. The van der Waals surface area contributed by atoms with Crippen LogP contribution in [0.5, 0.6) is 0 Å². The Morgan fingerprint density at radius 2 is 1.83 bits per heavy atom. The maximum Gasteiger partial charge on any atom is 0.251 e. The highest BCUT2D eigenvalue weighted by Crippen LogP contribution is 2.27. The number of imidazole rings is 1. The van der Waals surface area contributed by atoms with Crippen LogP contribution in [-0.4, -0.2) is 27.7 Å². The van der Waals surface area contributed by atoms with Crippen molar-refractivity contribution in [2.75, 3.05) is 5.73 Å². The molecule has 1 aromatic heterocycles. The summed E-state index contributed by atoms with van der Waals surface area (Å²) in [6.45, 7) is 1.84. The molecule has 6 nitrogen and oxygen atoms in total. The third-order valence-corrected chi connectivity index (χ3v) is 4.80. The molecular formula is C21H18F2N4O2. The minimum atomic E-state index is -1.13. The van der Waals surface area contributed by atoms with Crippen LogP contribution in [0.25, 0.3) is 11.4 Å². The number of carbonyl (C=O) groups excluding carboxylic acids is 2. The maximum absolute atomic E-state index is 13.5. The van der Waals surface area contributed by atoms with E-state index >= 15 is 0 Å². The molecule has 0 bridgehead atoms. The largest absolute Gasteiger partial charge is 0.383 e. The monoisotopic (exact) mass is 396 g/mol. The zero-order valence-corrected chi connectivity index (χ0v) is 15.6. The smallest absolute Gasteiger partial charge is 0.251 e. The molecule has 0 atom stereocenters. The molecule has 1 aliphatic rings. The van der Waals surface area contributed by atoms with Gasteiger partial charge >= 0.3 is 0 Å². The summed E-state index contributed by atoms with van der Waals surface area (Å²) < 4.78 is 26.6. The van der Waals surface area contributed by atoms with E-state index in [0.29, 0.717) is 17.0 Å². The number of rotatable bonds is 5. The van der Waals surface area contributed by atoms with Gasteiger partial charge in [-0.1, -0.05) is 6.07 Å². The molecule has 4 rings (SSSR count). The second kappa shape index (κ2) is 7.12. The molecule has 0 unspecified atom stereocenters. The van der Waals surface area contributed by atoms with E-state index in [0.717, 1.165) is 30.5 Å². The minimum absolute atomic E-state index is 0.00182. The fraction of sp³-hybridized carbons (Fsp3) is 0.190. The second-order valence-electron chi connectivity index (χ2n) is 7.08. The summed E-state index contributed by atoms with van der Waals surface area (Å²) in [5.41, 5.74) is 7.67. The summed E-state index contributed by atoms with van der Waals surface area (Å²) >= 11 is 0. The van der Waals surface area contributed by atoms with Crippen molar-refractivity contribution in [3.63, 3.8) is 0 Å². The van der Waals surface area contributed by atoms with E-state index in [4.69, 9.17) is 5.73 Å². The van der Waals surface area contributed by atoms with E-state index in [2.05, 4.69) is 15.3 Å². The fourth-order valence-electron chi connectivity index (χ4n) is 2.98. The van der Waals surface area contributed by atoms with Gasteiger partial charge in [0.2, 0.25) is 5.78 Å². The molecule has 148 valence electrons. The number of carbonyl (C=O) groups is 2. The molecule has 0 radical (unpaired) electrons. The summed E-state index contributed by atoms with van der Waals surface area (Å²) in [5.74, 6) is -2.67. The highest BCUT2D eigenvalue weighted by molar-refractivity contribution is 6.10. The fourth-order valence-corrected chi connectivity index (χ4v) is 2.98. The molecule has 1 aliphatic carbocycles. The standard InChI is InChI=1S/C21H18F2N4O2/c1-10-2-3-12(21(29)25-13-5-6-13)8-14(10)20-26-17(19(24)27-20)18(28)11-4-7-15(22)16(23)9-11/h2-4,7-9,13H,5-6,24H2,1H3,(H,25,29)(H,26,27). The number of aryl methyl sites for hydroxylation is 1. The summed E-state index contributed by atoms with van der Waals surface area (Å²) in [4.78, 5) is 32.1. The molecule has 8 heteroatoms. The van der Waals surface area contributed by atoms with Crippen molar-refractivity contribution in [3.05, 3.63) is 70.4 Å². The van der Waals surface area contributed by atoms with Crippen LogP contribution in [0.1, 0.15) is 44.8 Å². The van der Waals surface area contributed by atoms with Crippen LogP contribution in [0.3, 0.4) is 0 Å². The van der Waals surface area contributed by atoms with Gasteiger partial charge in [0.05, 0.1) is 0 Å². The molecule has 2 aromatic carbocycles. The lowest BCUT2D eigenvalue weighted by Gasteiger charge is -2.07. The molecule has 29 heavy (non-hydrogen) atoms. The Kier molecular flexibility index (Phi) is 4.62. The topological polar surface area (TPSA) is 101 Å². The molecule has 1 heterocycles. The first-order valence-electron chi connectivity index (χ1n) is 9.10. The number of nitrogens with two attached hydrogens (primary N) is 1. The number of amides is 1. The molecule has 3 aromatic rings. The van der Waals surface area contributed by atoms with Crippen molar-refractivity contribution >= 4 is 17.5 Å². The Labute approximate surface area is 165 Å². The Balaban J connectivity index is 1.67. The zero-order valence-electron chi connectivity index (χ0n) is 15.6. The van der Waals surface area contributed by atoms with Crippen LogP contribution in [0.2, 0.25) is 0 Å². The normalized spacial score (nSPS) is 13.3. The van der Waals surface area contributed by atoms with Crippen LogP contribution >= 0.6 is 0 Å². The van der Waals surface area contributed by atoms with Crippen molar-refractivity contribution < 1.29 is 18.4 Å². The number of halogens is 2. The Morgan fingerprint density at radius 3 is 2.52 bits per heavy atom. The molecule has 1 amide bonds. The molecule has 1 saturated carbocycles. The number of anilines is 1. The van der Waals surface area contributed by atoms with Gasteiger partial charge in [-0.2, -0.15) is 0 Å². The van der Waals surface area contributed by atoms with Gasteiger partial charge in [0.25, 0.3) is 5.91 Å². The number of aromatic amines is 1. The average molecular weight is 396 g/mol. The van der Waals surface area contributed by atoms with Crippen molar-refractivity contribution in [1.29, 1.82) is 0 Å². The van der Waals surface area contributed by atoms with Crippen molar-refractivity contribution in [2.45, 2.75) is 25.8 Å². The van der Waals surface area contributed by atoms with E-state index < -0.39 is 17.4 Å². The van der Waals surface area contributed by atoms with Crippen LogP contribution < -0.4 is 11.1 Å². The maximum atomic E-state index is 13.5. The van der Waals surface area contributed by atoms with Gasteiger partial charge in [0.15, 0.2) is 17.3 Å². The van der Waals surface area contributed by atoms with Gasteiger partial charge in [-0.25, -0.2) is 13.8 Å². The Hall–Kier alpha value is -3.55. The third kappa shape index (κ3) is 3.73. The first-order chi connectivity index (χ1) is 13.8. The summed E-state index contributed by atoms with van der Waals surface area (Å²) in [6.07, 6.45) is 1.96. The lowest BCUT2D eigenvalue weighted by molar-refractivity contribution is 0.0950. The Morgan fingerprint density at radius 1 is 1.10 bits per heavy atom. The Bertz CT molecular complexity index is 1140. The second-order valence-corrected chi connectivity index (χ2v) is 7.08.